The zero-order valence-corrected chi connectivity index (χ0v) is 17.8. The van der Waals surface area contributed by atoms with Crippen molar-refractivity contribution in [3.05, 3.63) is 78.4 Å². The first-order valence-electron chi connectivity index (χ1n) is 10.4. The van der Waals surface area contributed by atoms with E-state index in [0.29, 0.717) is 41.7 Å². The van der Waals surface area contributed by atoms with Gasteiger partial charge in [0.15, 0.2) is 22.8 Å². The SMILES string of the molecule is Cc1noc(C)c1-c1nc(NCCOc2ccccc2)c2ncn(-c3ccccc3)c2n1. The first-order chi connectivity index (χ1) is 15.7. The summed E-state index contributed by atoms with van der Waals surface area (Å²) in [6.07, 6.45) is 1.76. The molecule has 0 saturated carbocycles. The van der Waals surface area contributed by atoms with E-state index in [1.165, 1.54) is 0 Å². The van der Waals surface area contributed by atoms with Gasteiger partial charge in [-0.1, -0.05) is 41.6 Å². The van der Waals surface area contributed by atoms with Gasteiger partial charge in [0.05, 0.1) is 17.8 Å². The molecule has 2 aromatic carbocycles. The number of nitrogens with one attached hydrogen (secondary N) is 1. The van der Waals surface area contributed by atoms with Gasteiger partial charge in [0.2, 0.25) is 0 Å². The Balaban J connectivity index is 1.51. The molecule has 8 heteroatoms. The van der Waals surface area contributed by atoms with Crippen LogP contribution >= 0.6 is 0 Å². The second-order valence-electron chi connectivity index (χ2n) is 7.31. The monoisotopic (exact) mass is 426 g/mol. The molecule has 0 aliphatic carbocycles. The zero-order chi connectivity index (χ0) is 21.9. The van der Waals surface area contributed by atoms with E-state index < -0.39 is 0 Å². The average molecular weight is 426 g/mol. The number of aromatic nitrogens is 5. The van der Waals surface area contributed by atoms with Crippen LogP contribution in [0.2, 0.25) is 0 Å². The fraction of sp³-hybridized carbons (Fsp3) is 0.167. The quantitative estimate of drug-likeness (QED) is 0.381. The topological polar surface area (TPSA) is 90.9 Å². The number of benzene rings is 2. The summed E-state index contributed by atoms with van der Waals surface area (Å²) in [5.41, 5.74) is 3.89. The molecule has 3 aromatic heterocycles. The zero-order valence-electron chi connectivity index (χ0n) is 17.8. The van der Waals surface area contributed by atoms with Gasteiger partial charge < -0.3 is 14.6 Å². The highest BCUT2D eigenvalue weighted by Gasteiger charge is 2.20. The summed E-state index contributed by atoms with van der Waals surface area (Å²) < 4.78 is 13.1. The third-order valence-corrected chi connectivity index (χ3v) is 5.09. The van der Waals surface area contributed by atoms with E-state index >= 15 is 0 Å². The van der Waals surface area contributed by atoms with Crippen molar-refractivity contribution in [2.45, 2.75) is 13.8 Å². The number of hydrogen-bond donors (Lipinski definition) is 1. The number of fused-ring (bicyclic) bond motifs is 1. The summed E-state index contributed by atoms with van der Waals surface area (Å²) in [4.78, 5) is 14.2. The van der Waals surface area contributed by atoms with E-state index in [0.717, 1.165) is 22.7 Å². The van der Waals surface area contributed by atoms with Gasteiger partial charge >= 0.3 is 0 Å². The minimum absolute atomic E-state index is 0.482. The van der Waals surface area contributed by atoms with Crippen LogP contribution in [-0.2, 0) is 0 Å². The fourth-order valence-corrected chi connectivity index (χ4v) is 3.57. The number of para-hydroxylation sites is 2. The lowest BCUT2D eigenvalue weighted by molar-refractivity contribution is 0.333. The molecule has 0 aliphatic rings. The largest absolute Gasteiger partial charge is 0.492 e. The number of hydrogen-bond acceptors (Lipinski definition) is 7. The highest BCUT2D eigenvalue weighted by atomic mass is 16.5. The molecule has 0 radical (unpaired) electrons. The fourth-order valence-electron chi connectivity index (χ4n) is 3.57. The van der Waals surface area contributed by atoms with Gasteiger partial charge in [-0.25, -0.2) is 15.0 Å². The summed E-state index contributed by atoms with van der Waals surface area (Å²) in [5.74, 6) is 2.67. The number of nitrogens with zero attached hydrogens (tertiary/aromatic N) is 5. The Kier molecular flexibility index (Phi) is 5.25. The highest BCUT2D eigenvalue weighted by molar-refractivity contribution is 5.86. The molecule has 0 spiro atoms. The lowest BCUT2D eigenvalue weighted by Gasteiger charge is -2.11. The van der Waals surface area contributed by atoms with Crippen LogP contribution in [0.5, 0.6) is 5.75 Å². The molecule has 0 bridgehead atoms. The molecule has 1 N–H and O–H groups in total. The van der Waals surface area contributed by atoms with Crippen LogP contribution in [0.4, 0.5) is 5.82 Å². The van der Waals surface area contributed by atoms with E-state index in [1.807, 2.05) is 79.1 Å². The molecule has 32 heavy (non-hydrogen) atoms. The van der Waals surface area contributed by atoms with Crippen LogP contribution in [-0.4, -0.2) is 37.8 Å². The molecule has 0 fully saturated rings. The molecule has 8 nitrogen and oxygen atoms in total. The van der Waals surface area contributed by atoms with E-state index in [2.05, 4.69) is 15.5 Å². The molecular formula is C24H22N6O2. The van der Waals surface area contributed by atoms with E-state index in [9.17, 15) is 0 Å². The van der Waals surface area contributed by atoms with Crippen molar-refractivity contribution in [3.63, 3.8) is 0 Å². The third kappa shape index (κ3) is 3.78. The van der Waals surface area contributed by atoms with E-state index in [1.54, 1.807) is 6.33 Å². The molecule has 0 saturated heterocycles. The van der Waals surface area contributed by atoms with Gasteiger partial charge in [-0.15, -0.1) is 0 Å². The maximum atomic E-state index is 5.80. The second-order valence-corrected chi connectivity index (χ2v) is 7.31. The summed E-state index contributed by atoms with van der Waals surface area (Å²) in [7, 11) is 0. The normalized spacial score (nSPS) is 11.1. The lowest BCUT2D eigenvalue weighted by atomic mass is 10.2. The summed E-state index contributed by atoms with van der Waals surface area (Å²) in [5, 5.41) is 7.42. The van der Waals surface area contributed by atoms with E-state index in [-0.39, 0.29) is 0 Å². The van der Waals surface area contributed by atoms with Crippen LogP contribution < -0.4 is 10.1 Å². The van der Waals surface area contributed by atoms with Crippen LogP contribution in [0.15, 0.2) is 71.5 Å². The van der Waals surface area contributed by atoms with Crippen LogP contribution in [0.25, 0.3) is 28.2 Å². The maximum Gasteiger partial charge on any atom is 0.170 e. The molecule has 0 unspecified atom stereocenters. The van der Waals surface area contributed by atoms with Gasteiger partial charge in [-0.2, -0.15) is 0 Å². The smallest absolute Gasteiger partial charge is 0.170 e. The van der Waals surface area contributed by atoms with Crippen molar-refractivity contribution in [2.24, 2.45) is 0 Å². The summed E-state index contributed by atoms with van der Waals surface area (Å²) in [6, 6.07) is 19.7. The van der Waals surface area contributed by atoms with Crippen LogP contribution in [0.3, 0.4) is 0 Å². The molecule has 5 aromatic rings. The predicted molar refractivity (Wildman–Crippen MR) is 122 cm³/mol. The highest BCUT2D eigenvalue weighted by Crippen LogP contribution is 2.29. The Hall–Kier alpha value is -4.20. The Morgan fingerprint density at radius 1 is 0.969 bits per heavy atom. The molecule has 5 rings (SSSR count). The van der Waals surface area contributed by atoms with Gasteiger partial charge in [0.25, 0.3) is 0 Å². The first-order valence-corrected chi connectivity index (χ1v) is 10.4. The van der Waals surface area contributed by atoms with Crippen molar-refractivity contribution in [1.82, 2.24) is 24.7 Å². The number of imidazole rings is 1. The average Bonchev–Trinajstić information content (AvgIpc) is 3.40. The molecule has 160 valence electrons. The Morgan fingerprint density at radius 2 is 1.72 bits per heavy atom. The maximum absolute atomic E-state index is 5.80. The van der Waals surface area contributed by atoms with Crippen molar-refractivity contribution in [3.8, 4) is 22.8 Å². The number of aryl methyl sites for hydroxylation is 2. The number of rotatable bonds is 7. The van der Waals surface area contributed by atoms with Crippen molar-refractivity contribution in [1.29, 1.82) is 0 Å². The van der Waals surface area contributed by atoms with Gasteiger partial charge in [0, 0.05) is 5.69 Å². The lowest BCUT2D eigenvalue weighted by Crippen LogP contribution is -2.13. The minimum Gasteiger partial charge on any atom is -0.492 e. The minimum atomic E-state index is 0.482. The van der Waals surface area contributed by atoms with Crippen molar-refractivity contribution < 1.29 is 9.26 Å². The number of anilines is 1. The van der Waals surface area contributed by atoms with E-state index in [4.69, 9.17) is 19.2 Å². The Bertz CT molecular complexity index is 1330. The van der Waals surface area contributed by atoms with Crippen LogP contribution in [0, 0.1) is 13.8 Å². The summed E-state index contributed by atoms with van der Waals surface area (Å²) in [6.45, 7) is 4.78. The molecule has 0 atom stereocenters. The third-order valence-electron chi connectivity index (χ3n) is 5.09. The van der Waals surface area contributed by atoms with Gasteiger partial charge in [0.1, 0.15) is 24.4 Å². The van der Waals surface area contributed by atoms with Gasteiger partial charge in [-0.3, -0.25) is 4.57 Å². The standard InChI is InChI=1S/C24H22N6O2/c1-16-20(17(2)32-29-16)22-27-23(25-13-14-31-19-11-7-4-8-12-19)21-24(28-22)30(15-26-21)18-9-5-3-6-10-18/h3-12,15H,13-14H2,1-2H3,(H,25,27,28). The Labute approximate surface area is 184 Å². The molecule has 0 aliphatic heterocycles. The molecular weight excluding hydrogens is 404 g/mol. The van der Waals surface area contributed by atoms with Crippen molar-refractivity contribution in [2.75, 3.05) is 18.5 Å². The molecule has 0 amide bonds. The predicted octanol–water partition coefficient (Wildman–Crippen LogP) is 4.58. The number of ether oxygens (including phenoxy) is 1. The summed E-state index contributed by atoms with van der Waals surface area (Å²) >= 11 is 0. The first kappa shape index (κ1) is 19.7. The van der Waals surface area contributed by atoms with Gasteiger partial charge in [-0.05, 0) is 38.1 Å². The second kappa shape index (κ2) is 8.50. The molecule has 3 heterocycles. The Morgan fingerprint density at radius 3 is 2.44 bits per heavy atom. The van der Waals surface area contributed by atoms with Crippen LogP contribution in [0.1, 0.15) is 11.5 Å². The van der Waals surface area contributed by atoms with Crippen molar-refractivity contribution >= 4 is 17.0 Å².